The molecule has 0 bridgehead atoms. The van der Waals surface area contributed by atoms with Crippen molar-refractivity contribution in [2.45, 2.75) is 13.8 Å². The summed E-state index contributed by atoms with van der Waals surface area (Å²) in [4.78, 5) is 24.7. The normalized spacial score (nSPS) is 10.4. The van der Waals surface area contributed by atoms with Crippen LogP contribution in [0.5, 0.6) is 5.75 Å². The van der Waals surface area contributed by atoms with E-state index in [0.29, 0.717) is 22.7 Å². The molecule has 154 valence electrons. The van der Waals surface area contributed by atoms with Crippen molar-refractivity contribution >= 4 is 34.8 Å². The number of aryl methyl sites for hydroxylation is 2. The van der Waals surface area contributed by atoms with Gasteiger partial charge in [-0.05, 0) is 61.4 Å². The molecule has 3 aromatic carbocycles. The van der Waals surface area contributed by atoms with E-state index in [9.17, 15) is 14.0 Å². The third-order valence-corrected chi connectivity index (χ3v) is 4.63. The Kier molecular flexibility index (Phi) is 6.69. The fraction of sp³-hybridized carbons (Fsp3) is 0.130. The average Bonchev–Trinajstić information content (AvgIpc) is 2.70. The molecule has 2 N–H and O–H groups in total. The third-order valence-electron chi connectivity index (χ3n) is 4.34. The van der Waals surface area contributed by atoms with Crippen molar-refractivity contribution in [3.63, 3.8) is 0 Å². The van der Waals surface area contributed by atoms with Crippen LogP contribution in [0.1, 0.15) is 21.5 Å². The van der Waals surface area contributed by atoms with E-state index in [2.05, 4.69) is 10.6 Å². The van der Waals surface area contributed by atoms with Gasteiger partial charge in [0.15, 0.2) is 6.61 Å². The Bertz CT molecular complexity index is 1080. The number of ether oxygens (including phenoxy) is 1. The fourth-order valence-corrected chi connectivity index (χ4v) is 3.06. The molecule has 0 atom stereocenters. The summed E-state index contributed by atoms with van der Waals surface area (Å²) in [5, 5.41) is 5.27. The van der Waals surface area contributed by atoms with Crippen LogP contribution in [-0.4, -0.2) is 18.4 Å². The van der Waals surface area contributed by atoms with Crippen molar-refractivity contribution in [2.75, 3.05) is 17.2 Å². The molecule has 5 nitrogen and oxygen atoms in total. The van der Waals surface area contributed by atoms with Crippen molar-refractivity contribution in [3.8, 4) is 5.75 Å². The summed E-state index contributed by atoms with van der Waals surface area (Å²) in [6.07, 6.45) is 0. The lowest BCUT2D eigenvalue weighted by Gasteiger charge is -2.12. The zero-order valence-electron chi connectivity index (χ0n) is 16.5. The number of nitrogens with one attached hydrogen (secondary N) is 2. The number of rotatable bonds is 6. The molecule has 30 heavy (non-hydrogen) atoms. The third kappa shape index (κ3) is 5.36. The van der Waals surface area contributed by atoms with Crippen molar-refractivity contribution in [1.82, 2.24) is 0 Å². The Morgan fingerprint density at radius 3 is 2.30 bits per heavy atom. The molecule has 2 amide bonds. The minimum Gasteiger partial charge on any atom is -0.483 e. The highest BCUT2D eigenvalue weighted by Gasteiger charge is 2.11. The van der Waals surface area contributed by atoms with E-state index in [1.165, 1.54) is 24.3 Å². The number of para-hydroxylation sites is 1. The highest BCUT2D eigenvalue weighted by molar-refractivity contribution is 6.31. The van der Waals surface area contributed by atoms with E-state index in [-0.39, 0.29) is 17.5 Å². The first-order valence-electron chi connectivity index (χ1n) is 9.19. The number of hydrogen-bond donors (Lipinski definition) is 2. The number of carbonyl (C=O) groups is 2. The van der Waals surface area contributed by atoms with E-state index in [4.69, 9.17) is 16.3 Å². The number of halogens is 2. The van der Waals surface area contributed by atoms with Gasteiger partial charge in [-0.2, -0.15) is 0 Å². The van der Waals surface area contributed by atoms with Crippen LogP contribution in [0.25, 0.3) is 0 Å². The first-order chi connectivity index (χ1) is 14.3. The molecule has 0 aliphatic carbocycles. The number of anilines is 2. The number of carbonyl (C=O) groups excluding carboxylic acids is 2. The molecule has 0 fully saturated rings. The molecule has 0 saturated heterocycles. The van der Waals surface area contributed by atoms with E-state index in [1.54, 1.807) is 18.2 Å². The molecule has 0 spiro atoms. The van der Waals surface area contributed by atoms with Gasteiger partial charge in [0.1, 0.15) is 11.6 Å². The Hall–Kier alpha value is -3.38. The van der Waals surface area contributed by atoms with Crippen molar-refractivity contribution in [1.29, 1.82) is 0 Å². The van der Waals surface area contributed by atoms with Gasteiger partial charge in [0.2, 0.25) is 0 Å². The first-order valence-corrected chi connectivity index (χ1v) is 9.56. The second-order valence-electron chi connectivity index (χ2n) is 6.72. The molecule has 3 aromatic rings. The lowest BCUT2D eigenvalue weighted by molar-refractivity contribution is -0.118. The van der Waals surface area contributed by atoms with Gasteiger partial charge in [0.05, 0.1) is 5.02 Å². The lowest BCUT2D eigenvalue weighted by atomic mass is 10.1. The van der Waals surface area contributed by atoms with Gasteiger partial charge >= 0.3 is 0 Å². The topological polar surface area (TPSA) is 67.4 Å². The van der Waals surface area contributed by atoms with Crippen molar-refractivity contribution in [3.05, 3.63) is 88.2 Å². The average molecular weight is 427 g/mol. The Balaban J connectivity index is 1.62. The molecule has 0 aliphatic rings. The van der Waals surface area contributed by atoms with Gasteiger partial charge in [0, 0.05) is 16.9 Å². The zero-order valence-corrected chi connectivity index (χ0v) is 17.2. The van der Waals surface area contributed by atoms with Crippen LogP contribution in [0.15, 0.2) is 60.7 Å². The molecule has 0 radical (unpaired) electrons. The molecule has 7 heteroatoms. The molecule has 0 unspecified atom stereocenters. The number of benzene rings is 3. The van der Waals surface area contributed by atoms with Crippen LogP contribution in [0, 0.1) is 19.7 Å². The van der Waals surface area contributed by atoms with E-state index >= 15 is 0 Å². The maximum atomic E-state index is 13.3. The van der Waals surface area contributed by atoms with E-state index < -0.39 is 11.7 Å². The van der Waals surface area contributed by atoms with Gasteiger partial charge in [-0.15, -0.1) is 0 Å². The molecule has 0 heterocycles. The Morgan fingerprint density at radius 2 is 1.60 bits per heavy atom. The monoisotopic (exact) mass is 426 g/mol. The van der Waals surface area contributed by atoms with Gasteiger partial charge < -0.3 is 15.4 Å². The molecular formula is C23H20ClFN2O3. The first kappa shape index (κ1) is 21.3. The maximum absolute atomic E-state index is 13.3. The van der Waals surface area contributed by atoms with Crippen molar-refractivity contribution in [2.24, 2.45) is 0 Å². The second-order valence-corrected chi connectivity index (χ2v) is 7.13. The van der Waals surface area contributed by atoms with Gasteiger partial charge in [-0.25, -0.2) is 4.39 Å². The smallest absolute Gasteiger partial charge is 0.262 e. The number of amides is 2. The Labute approximate surface area is 178 Å². The summed E-state index contributed by atoms with van der Waals surface area (Å²) in [5.41, 5.74) is 3.03. The van der Waals surface area contributed by atoms with E-state index in [0.717, 1.165) is 11.1 Å². The maximum Gasteiger partial charge on any atom is 0.262 e. The Morgan fingerprint density at radius 1 is 0.933 bits per heavy atom. The van der Waals surface area contributed by atoms with Crippen LogP contribution >= 0.6 is 11.6 Å². The minimum atomic E-state index is -0.567. The zero-order chi connectivity index (χ0) is 21.7. The molecule has 0 aromatic heterocycles. The van der Waals surface area contributed by atoms with Crippen LogP contribution in [0.3, 0.4) is 0 Å². The highest BCUT2D eigenvalue weighted by atomic mass is 35.5. The SMILES string of the molecule is Cc1cccc(C)c1OCC(=O)Nc1cccc(C(=O)Nc2ccc(F)c(Cl)c2)c1. The molecule has 0 aliphatic heterocycles. The van der Waals surface area contributed by atoms with Gasteiger partial charge in [-0.1, -0.05) is 35.9 Å². The predicted octanol–water partition coefficient (Wildman–Crippen LogP) is 5.37. The minimum absolute atomic E-state index is 0.0855. The standard InChI is InChI=1S/C23H20ClFN2O3/c1-14-5-3-6-15(2)22(14)30-13-21(28)26-17-8-4-7-16(11-17)23(29)27-18-9-10-20(25)19(24)12-18/h3-12H,13H2,1-2H3,(H,26,28)(H,27,29). The summed E-state index contributed by atoms with van der Waals surface area (Å²) >= 11 is 5.73. The van der Waals surface area contributed by atoms with Gasteiger partial charge in [-0.3, -0.25) is 9.59 Å². The summed E-state index contributed by atoms with van der Waals surface area (Å²) in [6, 6.07) is 16.1. The summed E-state index contributed by atoms with van der Waals surface area (Å²) in [7, 11) is 0. The molecule has 0 saturated carbocycles. The largest absolute Gasteiger partial charge is 0.483 e. The summed E-state index contributed by atoms with van der Waals surface area (Å²) in [5.74, 6) is -0.651. The number of hydrogen-bond acceptors (Lipinski definition) is 3. The van der Waals surface area contributed by atoms with Crippen LogP contribution in [-0.2, 0) is 4.79 Å². The molecular weight excluding hydrogens is 407 g/mol. The summed E-state index contributed by atoms with van der Waals surface area (Å²) < 4.78 is 18.9. The predicted molar refractivity (Wildman–Crippen MR) is 116 cm³/mol. The van der Waals surface area contributed by atoms with Gasteiger partial charge in [0.25, 0.3) is 11.8 Å². The second kappa shape index (κ2) is 9.41. The van der Waals surface area contributed by atoms with Crippen LogP contribution < -0.4 is 15.4 Å². The summed E-state index contributed by atoms with van der Waals surface area (Å²) in [6.45, 7) is 3.67. The fourth-order valence-electron chi connectivity index (χ4n) is 2.88. The van der Waals surface area contributed by atoms with Crippen molar-refractivity contribution < 1.29 is 18.7 Å². The van der Waals surface area contributed by atoms with E-state index in [1.807, 2.05) is 32.0 Å². The quantitative estimate of drug-likeness (QED) is 0.557. The van der Waals surface area contributed by atoms with Crippen LogP contribution in [0.4, 0.5) is 15.8 Å². The highest BCUT2D eigenvalue weighted by Crippen LogP contribution is 2.23. The lowest BCUT2D eigenvalue weighted by Crippen LogP contribution is -2.21. The molecule has 3 rings (SSSR count). The van der Waals surface area contributed by atoms with Crippen LogP contribution in [0.2, 0.25) is 5.02 Å².